The highest BCUT2D eigenvalue weighted by Gasteiger charge is 2.34. The zero-order valence-electron chi connectivity index (χ0n) is 24.3. The molecule has 206 valence electrons. The molecule has 0 radical (unpaired) electrons. The maximum atomic E-state index is 9.63. The second-order valence-corrected chi connectivity index (χ2v) is 11.4. The van der Waals surface area contributed by atoms with E-state index in [2.05, 4.69) is 111 Å². The zero-order valence-corrected chi connectivity index (χ0v) is 24.3. The second-order valence-electron chi connectivity index (χ2n) is 11.4. The highest BCUT2D eigenvalue weighted by atomic mass is 16.4. The molecule has 0 atom stereocenters. The molecular weight excluding hydrogens is 513 g/mol. The molecule has 5 aromatic rings. The Morgan fingerprint density at radius 2 is 1.12 bits per heavy atom. The predicted octanol–water partition coefficient (Wildman–Crippen LogP) is 8.42. The zero-order chi connectivity index (χ0) is 29.4. The molecule has 0 aromatic heterocycles. The van der Waals surface area contributed by atoms with Crippen LogP contribution in [0, 0.1) is 0 Å². The van der Waals surface area contributed by atoms with E-state index in [0.29, 0.717) is 5.46 Å². The van der Waals surface area contributed by atoms with Gasteiger partial charge in [0, 0.05) is 22.5 Å². The van der Waals surface area contributed by atoms with Crippen molar-refractivity contribution in [1.29, 1.82) is 0 Å². The fourth-order valence-electron chi connectivity index (χ4n) is 5.96. The summed E-state index contributed by atoms with van der Waals surface area (Å²) in [5.41, 5.74) is 13.2. The minimum absolute atomic E-state index is 0.0359. The van der Waals surface area contributed by atoms with Crippen molar-refractivity contribution in [2.24, 2.45) is 0 Å². The van der Waals surface area contributed by atoms with E-state index in [9.17, 15) is 10.0 Å². The number of benzene rings is 5. The van der Waals surface area contributed by atoms with Crippen molar-refractivity contribution in [1.82, 2.24) is 0 Å². The fraction of sp³-hybridized carbons (Fsp3) is 0.105. The van der Waals surface area contributed by atoms with Gasteiger partial charge in [0.25, 0.3) is 0 Å². The van der Waals surface area contributed by atoms with Crippen molar-refractivity contribution in [3.05, 3.63) is 151 Å². The summed E-state index contributed by atoms with van der Waals surface area (Å²) in [7, 11) is -1.50. The largest absolute Gasteiger partial charge is 0.488 e. The van der Waals surface area contributed by atoms with E-state index in [-0.39, 0.29) is 5.41 Å². The van der Waals surface area contributed by atoms with E-state index in [1.54, 1.807) is 12.1 Å². The van der Waals surface area contributed by atoms with Gasteiger partial charge in [-0.05, 0) is 93.8 Å². The lowest BCUT2D eigenvalue weighted by atomic mass is 9.80. The van der Waals surface area contributed by atoms with Crippen LogP contribution in [0.25, 0.3) is 27.8 Å². The van der Waals surface area contributed by atoms with E-state index in [1.807, 2.05) is 36.4 Å². The van der Waals surface area contributed by atoms with Crippen LogP contribution in [0.1, 0.15) is 31.9 Å². The lowest BCUT2D eigenvalue weighted by molar-refractivity contribution is 0.426. The van der Waals surface area contributed by atoms with Crippen molar-refractivity contribution in [2.45, 2.75) is 26.2 Å². The molecule has 0 bridgehead atoms. The summed E-state index contributed by atoms with van der Waals surface area (Å²) in [4.78, 5) is 2.18. The summed E-state index contributed by atoms with van der Waals surface area (Å²) in [6.45, 7) is 10.8. The Morgan fingerprint density at radius 3 is 1.64 bits per heavy atom. The van der Waals surface area contributed by atoms with E-state index in [0.717, 1.165) is 28.2 Å². The number of rotatable bonds is 7. The molecule has 0 fully saturated rings. The fourth-order valence-corrected chi connectivity index (χ4v) is 5.96. The van der Waals surface area contributed by atoms with Crippen molar-refractivity contribution < 1.29 is 10.0 Å². The van der Waals surface area contributed by atoms with Gasteiger partial charge in [-0.25, -0.2) is 0 Å². The summed E-state index contributed by atoms with van der Waals surface area (Å²) in [5, 5.41) is 19.3. The molecule has 4 heteroatoms. The van der Waals surface area contributed by atoms with Crippen molar-refractivity contribution in [3.63, 3.8) is 0 Å². The summed E-state index contributed by atoms with van der Waals surface area (Å²) >= 11 is 0. The van der Waals surface area contributed by atoms with Gasteiger partial charge in [0.05, 0.1) is 0 Å². The molecule has 3 nitrogen and oxygen atoms in total. The highest BCUT2D eigenvalue weighted by Crippen LogP contribution is 2.47. The molecule has 0 saturated heterocycles. The Hall–Kier alpha value is -4.64. The van der Waals surface area contributed by atoms with Crippen LogP contribution in [0.5, 0.6) is 0 Å². The lowest BCUT2D eigenvalue weighted by Crippen LogP contribution is -2.29. The van der Waals surface area contributed by atoms with Crippen molar-refractivity contribution in [2.75, 3.05) is 4.90 Å². The molecule has 0 aliphatic heterocycles. The van der Waals surface area contributed by atoms with Crippen LogP contribution in [0.4, 0.5) is 17.1 Å². The average molecular weight is 548 g/mol. The topological polar surface area (TPSA) is 43.7 Å². The predicted molar refractivity (Wildman–Crippen MR) is 178 cm³/mol. The van der Waals surface area contributed by atoms with Gasteiger partial charge in [-0.3, -0.25) is 0 Å². The third kappa shape index (κ3) is 4.90. The Kier molecular flexibility index (Phi) is 7.20. The van der Waals surface area contributed by atoms with Crippen LogP contribution in [-0.2, 0) is 5.41 Å². The second kappa shape index (κ2) is 11.0. The molecular formula is C38H34BNO2. The summed E-state index contributed by atoms with van der Waals surface area (Å²) in [5.74, 6) is 0. The first kappa shape index (κ1) is 27.5. The third-order valence-corrected chi connectivity index (χ3v) is 8.67. The van der Waals surface area contributed by atoms with Crippen molar-refractivity contribution >= 4 is 35.2 Å². The molecule has 6 rings (SSSR count). The third-order valence-electron chi connectivity index (χ3n) is 8.67. The number of fused-ring (bicyclic) bond motifs is 1. The van der Waals surface area contributed by atoms with E-state index >= 15 is 0 Å². The maximum Gasteiger partial charge on any atom is 0.488 e. The van der Waals surface area contributed by atoms with Crippen LogP contribution in [-0.4, -0.2) is 17.2 Å². The Balaban J connectivity index is 1.37. The molecule has 42 heavy (non-hydrogen) atoms. The molecule has 0 amide bonds. The quantitative estimate of drug-likeness (QED) is 0.201. The van der Waals surface area contributed by atoms with E-state index in [4.69, 9.17) is 0 Å². The monoisotopic (exact) mass is 547 g/mol. The lowest BCUT2D eigenvalue weighted by Gasteiger charge is -2.26. The van der Waals surface area contributed by atoms with Crippen molar-refractivity contribution in [3.8, 4) is 22.3 Å². The molecule has 1 aliphatic rings. The first-order valence-electron chi connectivity index (χ1n) is 14.3. The van der Waals surface area contributed by atoms with Gasteiger partial charge in [-0.1, -0.05) is 111 Å². The summed E-state index contributed by atoms with van der Waals surface area (Å²) < 4.78 is 0. The van der Waals surface area contributed by atoms with Crippen LogP contribution < -0.4 is 10.4 Å². The van der Waals surface area contributed by atoms with E-state index < -0.39 is 7.12 Å². The smallest absolute Gasteiger partial charge is 0.423 e. The van der Waals surface area contributed by atoms with Gasteiger partial charge in [0.1, 0.15) is 0 Å². The molecule has 0 spiro atoms. The molecule has 0 unspecified atom stereocenters. The Bertz CT molecular complexity index is 1770. The van der Waals surface area contributed by atoms with E-state index in [1.165, 1.54) is 33.4 Å². The minimum Gasteiger partial charge on any atom is -0.423 e. The minimum atomic E-state index is -1.50. The number of allylic oxidation sites excluding steroid dienone is 3. The Morgan fingerprint density at radius 1 is 0.643 bits per heavy atom. The standard InChI is InChI=1S/C38H34BNO2/c1-5-35-26(2)38(3,4)37-25-30(15-24-36(35)37)29-13-20-33(21-14-29)40(34-22-16-31(17-23-34)39(41)42)32-18-11-28(12-19-32)27-9-7-6-8-10-27/h5-25,41-42H,1H2,2-4H3. The number of nitrogens with zero attached hydrogens (tertiary/aromatic N) is 1. The summed E-state index contributed by atoms with van der Waals surface area (Å²) in [6, 6.07) is 41.6. The number of anilines is 3. The Labute approximate surface area is 248 Å². The molecule has 1 aliphatic carbocycles. The summed E-state index contributed by atoms with van der Waals surface area (Å²) in [6.07, 6.45) is 1.98. The molecule has 2 N–H and O–H groups in total. The SMILES string of the molecule is C=CC1=C(C)C(C)(C)c2cc(-c3ccc(N(c4ccc(B(O)O)cc4)c4ccc(-c5ccccc5)cc4)cc3)ccc21. The highest BCUT2D eigenvalue weighted by molar-refractivity contribution is 6.58. The van der Waals surface area contributed by atoms with Crippen LogP contribution in [0.3, 0.4) is 0 Å². The van der Waals surface area contributed by atoms with Crippen LogP contribution in [0.2, 0.25) is 0 Å². The first-order valence-corrected chi connectivity index (χ1v) is 14.3. The first-order chi connectivity index (χ1) is 20.3. The van der Waals surface area contributed by atoms with Gasteiger partial charge < -0.3 is 14.9 Å². The van der Waals surface area contributed by atoms with Gasteiger partial charge in [0.2, 0.25) is 0 Å². The number of hydrogen-bond acceptors (Lipinski definition) is 3. The molecule has 0 heterocycles. The van der Waals surface area contributed by atoms with Gasteiger partial charge >= 0.3 is 7.12 Å². The molecule has 0 saturated carbocycles. The number of hydrogen-bond donors (Lipinski definition) is 2. The molecule has 5 aromatic carbocycles. The average Bonchev–Trinajstić information content (AvgIpc) is 3.22. The van der Waals surface area contributed by atoms with Crippen LogP contribution >= 0.6 is 0 Å². The van der Waals surface area contributed by atoms with Gasteiger partial charge in [-0.2, -0.15) is 0 Å². The van der Waals surface area contributed by atoms with Gasteiger partial charge in [-0.15, -0.1) is 0 Å². The van der Waals surface area contributed by atoms with Crippen LogP contribution in [0.15, 0.2) is 140 Å². The normalized spacial score (nSPS) is 13.5. The van der Waals surface area contributed by atoms with Gasteiger partial charge in [0.15, 0.2) is 0 Å². The maximum absolute atomic E-state index is 9.63.